The second kappa shape index (κ2) is 26.7. The zero-order valence-corrected chi connectivity index (χ0v) is 23.6. The van der Waals surface area contributed by atoms with Crippen molar-refractivity contribution in [3.8, 4) is 0 Å². The molecule has 0 aliphatic carbocycles. The topological polar surface area (TPSA) is 219 Å². The van der Waals surface area contributed by atoms with Gasteiger partial charge >= 0.3 is 142 Å². The summed E-state index contributed by atoms with van der Waals surface area (Å²) in [5, 5.41) is 34.5. The fourth-order valence-corrected chi connectivity index (χ4v) is 1.48. The van der Waals surface area contributed by atoms with Gasteiger partial charge in [-0.2, -0.15) is 0 Å². The molecule has 12 nitrogen and oxygen atoms in total. The third kappa shape index (κ3) is 30.4. The minimum Gasteiger partial charge on any atom is -1.00 e. The monoisotopic (exact) mass is 424 g/mol. The van der Waals surface area contributed by atoms with Crippen molar-refractivity contribution in [3.63, 3.8) is 0 Å². The quantitative estimate of drug-likeness (QED) is 0.229. The molecule has 0 atom stereocenters. The first-order chi connectivity index (χ1) is 9.20. The van der Waals surface area contributed by atoms with Crippen LogP contribution in [0.3, 0.4) is 0 Å². The molecule has 0 rings (SSSR count). The van der Waals surface area contributed by atoms with Gasteiger partial charge in [0.05, 0.1) is 26.2 Å². The van der Waals surface area contributed by atoms with Gasteiger partial charge in [0.25, 0.3) is 0 Å². The molecule has 0 spiro atoms. The molecule has 0 saturated heterocycles. The minimum absolute atomic E-state index is 0. The molecule has 8 N–H and O–H groups in total. The molecule has 0 bridgehead atoms. The molecule has 0 fully saturated rings. The number of aliphatic carboxylic acids is 4. The number of rotatable bonds is 11. The average Bonchev–Trinajstić information content (AvgIpc) is 2.22. The van der Waals surface area contributed by atoms with Gasteiger partial charge in [-0.05, 0) is 0 Å². The van der Waals surface area contributed by atoms with Crippen LogP contribution in [0.15, 0.2) is 0 Å². The molecule has 16 heteroatoms. The summed E-state index contributed by atoms with van der Waals surface area (Å²) < 4.78 is 0. The van der Waals surface area contributed by atoms with Gasteiger partial charge in [-0.25, -0.2) is 0 Å². The number of carboxylic acid groups (broad SMARTS) is 4. The number of hydrogen-bond acceptors (Lipinski definition) is 6. The summed E-state index contributed by atoms with van der Waals surface area (Å²) in [6, 6.07) is 0. The Morgan fingerprint density at radius 3 is 0.808 bits per heavy atom. The van der Waals surface area contributed by atoms with E-state index in [-0.39, 0.29) is 148 Å². The molecule has 0 unspecified atom stereocenters. The van der Waals surface area contributed by atoms with Gasteiger partial charge < -0.3 is 37.1 Å². The zero-order valence-electron chi connectivity index (χ0n) is 19.6. The van der Waals surface area contributed by atoms with Crippen LogP contribution < -0.4 is 118 Å². The van der Waals surface area contributed by atoms with E-state index in [1.54, 1.807) is 0 Å². The predicted octanol–water partition coefficient (Wildman–Crippen LogP) is -15.3. The van der Waals surface area contributed by atoms with Gasteiger partial charge in [-0.1, -0.05) is 0 Å². The Kier molecular flexibility index (Phi) is 47.4. The summed E-state index contributed by atoms with van der Waals surface area (Å²) in [7, 11) is 0. The maximum atomic E-state index is 10.6. The summed E-state index contributed by atoms with van der Waals surface area (Å²) in [6.45, 7) is -2.25. The second-order valence-corrected chi connectivity index (χ2v) is 4.00. The Labute approximate surface area is 244 Å². The van der Waals surface area contributed by atoms with Gasteiger partial charge in [0.15, 0.2) is 0 Å². The van der Waals surface area contributed by atoms with Crippen LogP contribution in [0.5, 0.6) is 0 Å². The summed E-state index contributed by atoms with van der Waals surface area (Å²) in [5.41, 5.74) is 0. The Balaban J connectivity index is -0.0000000401. The molecular formula is C10H24N2Na4O10. The van der Waals surface area contributed by atoms with E-state index in [1.165, 1.54) is 0 Å². The van der Waals surface area contributed by atoms with E-state index in [1.807, 2.05) is 0 Å². The van der Waals surface area contributed by atoms with Crippen LogP contribution in [-0.2, 0) is 19.2 Å². The molecule has 0 aliphatic heterocycles. The van der Waals surface area contributed by atoms with Crippen molar-refractivity contribution >= 4 is 23.9 Å². The van der Waals surface area contributed by atoms with E-state index >= 15 is 0 Å². The van der Waals surface area contributed by atoms with E-state index in [2.05, 4.69) is 0 Å². The van der Waals surface area contributed by atoms with Gasteiger partial charge in [0.2, 0.25) is 0 Å². The average molecular weight is 424 g/mol. The van der Waals surface area contributed by atoms with E-state index in [0.717, 1.165) is 9.80 Å². The molecule has 26 heavy (non-hydrogen) atoms. The van der Waals surface area contributed by atoms with Crippen molar-refractivity contribution in [1.82, 2.24) is 9.80 Å². The molecule has 0 amide bonds. The molecule has 0 saturated carbocycles. The second-order valence-electron chi connectivity index (χ2n) is 4.00. The van der Waals surface area contributed by atoms with Crippen molar-refractivity contribution in [3.05, 3.63) is 0 Å². The number of nitrogens with zero attached hydrogens (tertiary/aromatic N) is 2. The Morgan fingerprint density at radius 2 is 0.692 bits per heavy atom. The number of hydrogen-bond donors (Lipinski definition) is 4. The molecule has 0 heterocycles. The SMILES string of the molecule is O.O.O=C(O)CN(CCN(CC(=O)O)CC(=O)O)CC(=O)O.[H-].[H-].[H-].[H-].[Na+].[Na+].[Na+].[Na+]. The molecule has 0 aromatic heterocycles. The van der Waals surface area contributed by atoms with Gasteiger partial charge in [-0.3, -0.25) is 29.0 Å². The molecule has 0 aromatic carbocycles. The third-order valence-electron chi connectivity index (χ3n) is 2.17. The van der Waals surface area contributed by atoms with Crippen LogP contribution in [0, 0.1) is 0 Å². The summed E-state index contributed by atoms with van der Waals surface area (Å²) >= 11 is 0. The fourth-order valence-electron chi connectivity index (χ4n) is 1.48. The van der Waals surface area contributed by atoms with Crippen molar-refractivity contribution in [1.29, 1.82) is 0 Å². The smallest absolute Gasteiger partial charge is 1.00 e. The first-order valence-electron chi connectivity index (χ1n) is 5.52. The van der Waals surface area contributed by atoms with Crippen LogP contribution >= 0.6 is 0 Å². The fraction of sp³-hybridized carbons (Fsp3) is 0.600. The molecule has 0 radical (unpaired) electrons. The zero-order chi connectivity index (χ0) is 15.7. The Hall–Kier alpha value is 1.72. The van der Waals surface area contributed by atoms with Crippen molar-refractivity contribution in [2.75, 3.05) is 39.3 Å². The summed E-state index contributed by atoms with van der Waals surface area (Å²) in [6.07, 6.45) is 0. The van der Waals surface area contributed by atoms with Gasteiger partial charge in [0, 0.05) is 13.1 Å². The van der Waals surface area contributed by atoms with Gasteiger partial charge in [0.1, 0.15) is 0 Å². The summed E-state index contributed by atoms with van der Waals surface area (Å²) in [5.74, 6) is -4.91. The van der Waals surface area contributed by atoms with E-state index in [0.29, 0.717) is 0 Å². The first-order valence-corrected chi connectivity index (χ1v) is 5.52. The van der Waals surface area contributed by atoms with Crippen LogP contribution in [0.1, 0.15) is 5.71 Å². The Bertz CT molecular complexity index is 351. The molecule has 0 aliphatic rings. The van der Waals surface area contributed by atoms with E-state index < -0.39 is 50.1 Å². The molecule has 0 aromatic rings. The van der Waals surface area contributed by atoms with Gasteiger partial charge in [-0.15, -0.1) is 0 Å². The van der Waals surface area contributed by atoms with E-state index in [4.69, 9.17) is 20.4 Å². The van der Waals surface area contributed by atoms with E-state index in [9.17, 15) is 19.2 Å². The number of carboxylic acids is 4. The largest absolute Gasteiger partial charge is 1.00 e. The maximum absolute atomic E-state index is 10.6. The number of carbonyl (C=O) groups is 4. The standard InChI is InChI=1S/C10H16N2O8.4Na.2H2O.4H/c13-7(14)3-11(4-8(15)16)1-2-12(5-9(17)18)6-10(19)20;;;;;;;;;;/h1-6H2,(H,13,14)(H,15,16)(H,17,18)(H,19,20);;;;;2*1H2;;;;/q;4*+1;;;4*-1. The normalized spacial score (nSPS) is 8.23. The predicted molar refractivity (Wildman–Crippen MR) is 75.1 cm³/mol. The third-order valence-corrected chi connectivity index (χ3v) is 2.17. The van der Waals surface area contributed by atoms with Crippen LogP contribution in [0.25, 0.3) is 0 Å². The molecular weight excluding hydrogens is 400 g/mol. The van der Waals surface area contributed by atoms with Crippen molar-refractivity contribution in [2.24, 2.45) is 0 Å². The summed E-state index contributed by atoms with van der Waals surface area (Å²) in [4.78, 5) is 44.4. The van der Waals surface area contributed by atoms with Crippen LogP contribution in [-0.4, -0.2) is 104 Å². The Morgan fingerprint density at radius 1 is 0.538 bits per heavy atom. The molecule has 138 valence electrons. The van der Waals surface area contributed by atoms with Crippen molar-refractivity contribution in [2.45, 2.75) is 0 Å². The minimum atomic E-state index is -1.23. The van der Waals surface area contributed by atoms with Crippen molar-refractivity contribution < 1.29 is 174 Å². The van der Waals surface area contributed by atoms with Crippen LogP contribution in [0.2, 0.25) is 0 Å². The maximum Gasteiger partial charge on any atom is 1.00 e. The first kappa shape index (κ1) is 46.1. The van der Waals surface area contributed by atoms with Crippen LogP contribution in [0.4, 0.5) is 0 Å².